The molecule has 16 heavy (non-hydrogen) atoms. The highest BCUT2D eigenvalue weighted by Gasteiger charge is 2.31. The monoisotopic (exact) mass is 252 g/mol. The maximum Gasteiger partial charge on any atom is 0.416 e. The SMILES string of the molecule is CC(C(=O)O)c1ccc(C(F)(F)F)cc1Cl. The Bertz CT molecular complexity index is 415. The molecule has 0 bridgehead atoms. The molecule has 0 spiro atoms. The summed E-state index contributed by atoms with van der Waals surface area (Å²) >= 11 is 5.61. The summed E-state index contributed by atoms with van der Waals surface area (Å²) in [5, 5.41) is 8.52. The lowest BCUT2D eigenvalue weighted by atomic mass is 10.00. The molecule has 0 heterocycles. The fourth-order valence-electron chi connectivity index (χ4n) is 1.19. The lowest BCUT2D eigenvalue weighted by Crippen LogP contribution is -2.10. The third-order valence-corrected chi connectivity index (χ3v) is 2.49. The van der Waals surface area contributed by atoms with Crippen molar-refractivity contribution in [2.45, 2.75) is 19.0 Å². The topological polar surface area (TPSA) is 37.3 Å². The fraction of sp³-hybridized carbons (Fsp3) is 0.300. The molecule has 1 aromatic rings. The molecule has 0 amide bonds. The van der Waals surface area contributed by atoms with Crippen LogP contribution in [0.5, 0.6) is 0 Å². The number of carboxylic acid groups (broad SMARTS) is 1. The van der Waals surface area contributed by atoms with Gasteiger partial charge in [-0.05, 0) is 24.6 Å². The van der Waals surface area contributed by atoms with Gasteiger partial charge in [0.25, 0.3) is 0 Å². The van der Waals surface area contributed by atoms with Crippen LogP contribution in [0.1, 0.15) is 24.0 Å². The van der Waals surface area contributed by atoms with E-state index in [0.717, 1.165) is 18.2 Å². The Morgan fingerprint density at radius 1 is 1.44 bits per heavy atom. The van der Waals surface area contributed by atoms with Crippen molar-refractivity contribution >= 4 is 17.6 Å². The summed E-state index contributed by atoms with van der Waals surface area (Å²) in [4.78, 5) is 10.7. The number of rotatable bonds is 2. The van der Waals surface area contributed by atoms with Crippen LogP contribution in [0.3, 0.4) is 0 Å². The molecule has 1 aromatic carbocycles. The first-order valence-corrected chi connectivity index (χ1v) is 4.70. The lowest BCUT2D eigenvalue weighted by Gasteiger charge is -2.12. The Kier molecular flexibility index (Phi) is 3.48. The highest BCUT2D eigenvalue weighted by Crippen LogP contribution is 2.34. The van der Waals surface area contributed by atoms with E-state index >= 15 is 0 Å². The van der Waals surface area contributed by atoms with Crippen molar-refractivity contribution in [1.29, 1.82) is 0 Å². The van der Waals surface area contributed by atoms with Crippen molar-refractivity contribution in [1.82, 2.24) is 0 Å². The highest BCUT2D eigenvalue weighted by molar-refractivity contribution is 6.31. The zero-order valence-corrected chi connectivity index (χ0v) is 8.93. The Hall–Kier alpha value is -1.23. The van der Waals surface area contributed by atoms with Gasteiger partial charge in [0.1, 0.15) is 0 Å². The molecule has 0 aromatic heterocycles. The van der Waals surface area contributed by atoms with Gasteiger partial charge in [0, 0.05) is 5.02 Å². The van der Waals surface area contributed by atoms with Crippen molar-refractivity contribution in [2.24, 2.45) is 0 Å². The molecule has 0 radical (unpaired) electrons. The maximum absolute atomic E-state index is 12.3. The molecule has 0 saturated carbocycles. The third-order valence-electron chi connectivity index (χ3n) is 2.16. The Labute approximate surface area is 94.6 Å². The van der Waals surface area contributed by atoms with Crippen LogP contribution in [0.25, 0.3) is 0 Å². The minimum Gasteiger partial charge on any atom is -0.481 e. The quantitative estimate of drug-likeness (QED) is 0.874. The molecule has 0 aliphatic rings. The van der Waals surface area contributed by atoms with Crippen molar-refractivity contribution in [2.75, 3.05) is 0 Å². The number of hydrogen-bond donors (Lipinski definition) is 1. The van der Waals surface area contributed by atoms with Gasteiger partial charge in [0.15, 0.2) is 0 Å². The lowest BCUT2D eigenvalue weighted by molar-refractivity contribution is -0.138. The number of carbonyl (C=O) groups is 1. The molecule has 1 unspecified atom stereocenters. The van der Waals surface area contributed by atoms with Crippen LogP contribution in [0, 0.1) is 0 Å². The van der Waals surface area contributed by atoms with Gasteiger partial charge in [0.05, 0.1) is 11.5 Å². The van der Waals surface area contributed by atoms with Gasteiger partial charge in [-0.2, -0.15) is 13.2 Å². The molecule has 1 atom stereocenters. The van der Waals surface area contributed by atoms with Gasteiger partial charge in [0.2, 0.25) is 0 Å². The number of carboxylic acids is 1. The zero-order chi connectivity index (χ0) is 12.5. The minimum absolute atomic E-state index is 0.169. The molecule has 6 heteroatoms. The number of halogens is 4. The van der Waals surface area contributed by atoms with Gasteiger partial charge in [-0.25, -0.2) is 0 Å². The minimum atomic E-state index is -4.48. The molecular formula is C10H8ClF3O2. The first-order chi connectivity index (χ1) is 7.23. The van der Waals surface area contributed by atoms with E-state index in [4.69, 9.17) is 16.7 Å². The predicted octanol–water partition coefficient (Wildman–Crippen LogP) is 3.55. The Balaban J connectivity index is 3.15. The first kappa shape index (κ1) is 12.8. The van der Waals surface area contributed by atoms with Gasteiger partial charge < -0.3 is 5.11 Å². The van der Waals surface area contributed by atoms with Crippen molar-refractivity contribution in [3.63, 3.8) is 0 Å². The summed E-state index contributed by atoms with van der Waals surface area (Å²) in [6, 6.07) is 2.64. The molecule has 0 aliphatic heterocycles. The molecule has 2 nitrogen and oxygen atoms in total. The molecule has 1 N–H and O–H groups in total. The molecule has 0 fully saturated rings. The van der Waals surface area contributed by atoms with Gasteiger partial charge in [-0.1, -0.05) is 17.7 Å². The standard InChI is InChI=1S/C10H8ClF3O2/c1-5(9(15)16)7-3-2-6(4-8(7)11)10(12,13)14/h2-5H,1H3,(H,15,16). The van der Waals surface area contributed by atoms with E-state index in [1.807, 2.05) is 0 Å². The number of alkyl halides is 3. The molecule has 0 aliphatic carbocycles. The average molecular weight is 253 g/mol. The smallest absolute Gasteiger partial charge is 0.416 e. The summed E-state index contributed by atoms with van der Waals surface area (Å²) in [7, 11) is 0. The van der Waals surface area contributed by atoms with E-state index in [2.05, 4.69) is 0 Å². The predicted molar refractivity (Wildman–Crippen MR) is 52.5 cm³/mol. The van der Waals surface area contributed by atoms with Gasteiger partial charge in [-0.15, -0.1) is 0 Å². The summed E-state index contributed by atoms with van der Waals surface area (Å²) < 4.78 is 36.9. The molecule has 88 valence electrons. The van der Waals surface area contributed by atoms with E-state index in [-0.39, 0.29) is 10.6 Å². The Morgan fingerprint density at radius 3 is 2.38 bits per heavy atom. The normalized spacial score (nSPS) is 13.6. The van der Waals surface area contributed by atoms with Crippen LogP contribution in [-0.2, 0) is 11.0 Å². The van der Waals surface area contributed by atoms with Crippen LogP contribution in [-0.4, -0.2) is 11.1 Å². The number of benzene rings is 1. The third kappa shape index (κ3) is 2.66. The largest absolute Gasteiger partial charge is 0.481 e. The summed E-state index contributed by atoms with van der Waals surface area (Å²) in [5.74, 6) is -2.07. The van der Waals surface area contributed by atoms with E-state index < -0.39 is 23.6 Å². The van der Waals surface area contributed by atoms with Gasteiger partial charge in [-0.3, -0.25) is 4.79 Å². The van der Waals surface area contributed by atoms with E-state index in [1.165, 1.54) is 6.92 Å². The molecule has 1 rings (SSSR count). The summed E-state index contributed by atoms with van der Waals surface area (Å²) in [6.07, 6.45) is -4.48. The molecule has 0 saturated heterocycles. The highest BCUT2D eigenvalue weighted by atomic mass is 35.5. The van der Waals surface area contributed by atoms with Crippen molar-refractivity contribution in [3.05, 3.63) is 34.3 Å². The second-order valence-corrected chi connectivity index (χ2v) is 3.70. The second-order valence-electron chi connectivity index (χ2n) is 3.29. The zero-order valence-electron chi connectivity index (χ0n) is 8.18. The fourth-order valence-corrected chi connectivity index (χ4v) is 1.53. The summed E-state index contributed by atoms with van der Waals surface area (Å²) in [5.41, 5.74) is -0.721. The average Bonchev–Trinajstić information content (AvgIpc) is 2.15. The van der Waals surface area contributed by atoms with Crippen molar-refractivity contribution < 1.29 is 23.1 Å². The molecular weight excluding hydrogens is 245 g/mol. The van der Waals surface area contributed by atoms with Crippen LogP contribution in [0.15, 0.2) is 18.2 Å². The number of aliphatic carboxylic acids is 1. The first-order valence-electron chi connectivity index (χ1n) is 4.33. The maximum atomic E-state index is 12.3. The van der Waals surface area contributed by atoms with Crippen LogP contribution >= 0.6 is 11.6 Å². The van der Waals surface area contributed by atoms with Crippen LogP contribution in [0.4, 0.5) is 13.2 Å². The summed E-state index contributed by atoms with van der Waals surface area (Å²) in [6.45, 7) is 1.36. The van der Waals surface area contributed by atoms with Crippen LogP contribution < -0.4 is 0 Å². The van der Waals surface area contributed by atoms with E-state index in [1.54, 1.807) is 0 Å². The second kappa shape index (κ2) is 4.33. The van der Waals surface area contributed by atoms with E-state index in [9.17, 15) is 18.0 Å². The van der Waals surface area contributed by atoms with Gasteiger partial charge >= 0.3 is 12.1 Å². The van der Waals surface area contributed by atoms with E-state index in [0.29, 0.717) is 0 Å². The Morgan fingerprint density at radius 2 is 2.00 bits per heavy atom. The number of hydrogen-bond acceptors (Lipinski definition) is 1. The van der Waals surface area contributed by atoms with Crippen LogP contribution in [0.2, 0.25) is 5.02 Å². The van der Waals surface area contributed by atoms with Crippen molar-refractivity contribution in [3.8, 4) is 0 Å².